The van der Waals surface area contributed by atoms with Crippen LogP contribution in [0, 0.1) is 15.9 Å². The highest BCUT2D eigenvalue weighted by atomic mass is 32.2. The lowest BCUT2D eigenvalue weighted by Crippen LogP contribution is -2.52. The summed E-state index contributed by atoms with van der Waals surface area (Å²) in [6.45, 7) is 0.491. The first-order valence-corrected chi connectivity index (χ1v) is 11.2. The summed E-state index contributed by atoms with van der Waals surface area (Å²) < 4.78 is 40.3. The number of hydrogen-bond donors (Lipinski definition) is 0. The zero-order valence-electron chi connectivity index (χ0n) is 16.8. The molecular weight excluding hydrogens is 443 g/mol. The second-order valence-electron chi connectivity index (χ2n) is 7.33. The van der Waals surface area contributed by atoms with Gasteiger partial charge in [-0.15, -0.1) is 0 Å². The molecular formula is C20H19FN4O6S. The van der Waals surface area contributed by atoms with Gasteiger partial charge in [0.1, 0.15) is 5.82 Å². The Morgan fingerprint density at radius 3 is 2.44 bits per heavy atom. The maximum absolute atomic E-state index is 13.4. The van der Waals surface area contributed by atoms with E-state index >= 15 is 0 Å². The highest BCUT2D eigenvalue weighted by Crippen LogP contribution is 2.23. The number of nitrogens with zero attached hydrogens (tertiary/aromatic N) is 4. The van der Waals surface area contributed by atoms with E-state index in [9.17, 15) is 27.7 Å². The molecule has 0 saturated carbocycles. The highest BCUT2D eigenvalue weighted by Gasteiger charge is 2.36. The van der Waals surface area contributed by atoms with Gasteiger partial charge in [-0.2, -0.15) is 4.31 Å². The van der Waals surface area contributed by atoms with Crippen LogP contribution in [0.5, 0.6) is 0 Å². The number of benzene rings is 2. The molecule has 0 aromatic heterocycles. The van der Waals surface area contributed by atoms with Crippen LogP contribution < -0.4 is 0 Å². The third-order valence-electron chi connectivity index (χ3n) is 5.34. The van der Waals surface area contributed by atoms with E-state index in [1.54, 1.807) is 12.1 Å². The summed E-state index contributed by atoms with van der Waals surface area (Å²) >= 11 is 0. The largest absolute Gasteiger partial charge is 0.382 e. The highest BCUT2D eigenvalue weighted by molar-refractivity contribution is 7.89. The van der Waals surface area contributed by atoms with E-state index in [-0.39, 0.29) is 49.1 Å². The first-order valence-electron chi connectivity index (χ1n) is 9.78. The van der Waals surface area contributed by atoms with Crippen molar-refractivity contribution < 1.29 is 27.4 Å². The van der Waals surface area contributed by atoms with Gasteiger partial charge in [0.15, 0.2) is 0 Å². The van der Waals surface area contributed by atoms with Crippen LogP contribution in [0.15, 0.2) is 58.6 Å². The zero-order valence-corrected chi connectivity index (χ0v) is 17.6. The van der Waals surface area contributed by atoms with Crippen LogP contribution in [0.25, 0.3) is 0 Å². The summed E-state index contributed by atoms with van der Waals surface area (Å²) in [5, 5.41) is 14.7. The minimum absolute atomic E-state index is 0.0462. The number of nitro benzene ring substituents is 1. The summed E-state index contributed by atoms with van der Waals surface area (Å²) in [5.74, 6) is -0.724. The Morgan fingerprint density at radius 1 is 1.12 bits per heavy atom. The molecule has 1 fully saturated rings. The fourth-order valence-corrected chi connectivity index (χ4v) is 5.01. The standard InChI is InChI=1S/C20H19FN4O6S/c21-15-3-1-2-14(12-15)18-13-19(31-22-18)20(26)23-8-10-24(11-9-23)32(29,30)17-6-4-16(5-7-17)25(27)28/h1-7,12,19H,8-11,13H2. The summed E-state index contributed by atoms with van der Waals surface area (Å²) in [6.07, 6.45) is -0.644. The Balaban J connectivity index is 1.35. The Morgan fingerprint density at radius 2 is 1.81 bits per heavy atom. The van der Waals surface area contributed by atoms with Crippen LogP contribution in [0.2, 0.25) is 0 Å². The molecule has 32 heavy (non-hydrogen) atoms. The van der Waals surface area contributed by atoms with E-state index in [1.165, 1.54) is 33.5 Å². The van der Waals surface area contributed by atoms with E-state index in [0.717, 1.165) is 12.1 Å². The smallest absolute Gasteiger partial charge is 0.269 e. The van der Waals surface area contributed by atoms with Crippen LogP contribution in [-0.2, 0) is 19.7 Å². The molecule has 2 heterocycles. The van der Waals surface area contributed by atoms with Gasteiger partial charge in [0.25, 0.3) is 11.6 Å². The first-order chi connectivity index (χ1) is 15.3. The average Bonchev–Trinajstić information content (AvgIpc) is 3.29. The van der Waals surface area contributed by atoms with Crippen LogP contribution in [0.1, 0.15) is 12.0 Å². The van der Waals surface area contributed by atoms with Gasteiger partial charge in [-0.3, -0.25) is 14.9 Å². The Kier molecular flexibility index (Phi) is 5.89. The van der Waals surface area contributed by atoms with Crippen molar-refractivity contribution >= 4 is 27.3 Å². The molecule has 4 rings (SSSR count). The molecule has 168 valence electrons. The number of amides is 1. The molecule has 0 radical (unpaired) electrons. The maximum atomic E-state index is 13.4. The molecule has 1 unspecified atom stereocenters. The van der Waals surface area contributed by atoms with Crippen molar-refractivity contribution in [3.63, 3.8) is 0 Å². The van der Waals surface area contributed by atoms with Crippen molar-refractivity contribution in [3.8, 4) is 0 Å². The minimum atomic E-state index is -3.84. The molecule has 12 heteroatoms. The Hall–Kier alpha value is -3.38. The second kappa shape index (κ2) is 8.63. The predicted molar refractivity (Wildman–Crippen MR) is 111 cm³/mol. The van der Waals surface area contributed by atoms with Crippen molar-refractivity contribution in [2.45, 2.75) is 17.4 Å². The van der Waals surface area contributed by atoms with E-state index in [2.05, 4.69) is 5.16 Å². The number of non-ortho nitro benzene ring substituents is 1. The molecule has 2 aromatic rings. The van der Waals surface area contributed by atoms with Crippen LogP contribution >= 0.6 is 0 Å². The van der Waals surface area contributed by atoms with Gasteiger partial charge in [0.2, 0.25) is 16.1 Å². The molecule has 1 atom stereocenters. The molecule has 1 amide bonds. The molecule has 2 aliphatic rings. The summed E-state index contributed by atoms with van der Waals surface area (Å²) in [7, 11) is -3.84. The number of oxime groups is 1. The molecule has 10 nitrogen and oxygen atoms in total. The second-order valence-corrected chi connectivity index (χ2v) is 9.26. The number of carbonyl (C=O) groups is 1. The third kappa shape index (κ3) is 4.32. The Bertz CT molecular complexity index is 1180. The van der Waals surface area contributed by atoms with E-state index in [4.69, 9.17) is 4.84 Å². The average molecular weight is 462 g/mol. The quantitative estimate of drug-likeness (QED) is 0.493. The van der Waals surface area contributed by atoms with Gasteiger partial charge in [0, 0.05) is 50.3 Å². The number of nitro groups is 1. The molecule has 2 aromatic carbocycles. The predicted octanol–water partition coefficient (Wildman–Crippen LogP) is 1.76. The number of hydrogen-bond acceptors (Lipinski definition) is 7. The van der Waals surface area contributed by atoms with Gasteiger partial charge in [-0.05, 0) is 24.3 Å². The van der Waals surface area contributed by atoms with Crippen molar-refractivity contribution in [3.05, 3.63) is 70.0 Å². The maximum Gasteiger partial charge on any atom is 0.269 e. The fraction of sp³-hybridized carbons (Fsp3) is 0.300. The summed E-state index contributed by atoms with van der Waals surface area (Å²) in [6, 6.07) is 10.5. The molecule has 1 saturated heterocycles. The number of halogens is 1. The minimum Gasteiger partial charge on any atom is -0.382 e. The number of carbonyl (C=O) groups excluding carboxylic acids is 1. The van der Waals surface area contributed by atoms with Crippen LogP contribution in [0.4, 0.5) is 10.1 Å². The normalized spacial score (nSPS) is 19.3. The van der Waals surface area contributed by atoms with Crippen molar-refractivity contribution in [2.75, 3.05) is 26.2 Å². The molecule has 0 N–H and O–H groups in total. The topological polar surface area (TPSA) is 122 Å². The first kappa shape index (κ1) is 21.8. The Labute approximate surface area is 183 Å². The molecule has 0 spiro atoms. The van der Waals surface area contributed by atoms with Crippen molar-refractivity contribution in [1.29, 1.82) is 0 Å². The van der Waals surface area contributed by atoms with Crippen molar-refractivity contribution in [1.82, 2.24) is 9.21 Å². The number of piperazine rings is 1. The van der Waals surface area contributed by atoms with Crippen molar-refractivity contribution in [2.24, 2.45) is 5.16 Å². The van der Waals surface area contributed by atoms with Gasteiger partial charge in [0.05, 0.1) is 15.5 Å². The molecule has 0 aliphatic carbocycles. The SMILES string of the molecule is O=C(C1CC(c2cccc(F)c2)=NO1)N1CCN(S(=O)(=O)c2ccc([N+](=O)[O-])cc2)CC1. The van der Waals surface area contributed by atoms with Gasteiger partial charge >= 0.3 is 0 Å². The van der Waals surface area contributed by atoms with Crippen LogP contribution in [-0.4, -0.2) is 66.4 Å². The fourth-order valence-electron chi connectivity index (χ4n) is 3.59. The summed E-state index contributed by atoms with van der Waals surface area (Å²) in [5.41, 5.74) is 0.817. The molecule has 0 bridgehead atoms. The van der Waals surface area contributed by atoms with E-state index in [0.29, 0.717) is 11.3 Å². The van der Waals surface area contributed by atoms with E-state index < -0.39 is 26.9 Å². The third-order valence-corrected chi connectivity index (χ3v) is 7.25. The van der Waals surface area contributed by atoms with Gasteiger partial charge in [-0.1, -0.05) is 17.3 Å². The molecule has 2 aliphatic heterocycles. The lowest BCUT2D eigenvalue weighted by atomic mass is 10.0. The number of sulfonamides is 1. The van der Waals surface area contributed by atoms with Crippen LogP contribution in [0.3, 0.4) is 0 Å². The number of rotatable bonds is 5. The monoisotopic (exact) mass is 462 g/mol. The lowest BCUT2D eigenvalue weighted by Gasteiger charge is -2.34. The van der Waals surface area contributed by atoms with Gasteiger partial charge < -0.3 is 9.74 Å². The van der Waals surface area contributed by atoms with Gasteiger partial charge in [-0.25, -0.2) is 12.8 Å². The zero-order chi connectivity index (χ0) is 22.9. The lowest BCUT2D eigenvalue weighted by molar-refractivity contribution is -0.384. The van der Waals surface area contributed by atoms with E-state index in [1.807, 2.05) is 0 Å². The summed E-state index contributed by atoms with van der Waals surface area (Å²) in [4.78, 5) is 29.7.